The molecule has 0 bridgehead atoms. The molecule has 19 heavy (non-hydrogen) atoms. The topological polar surface area (TPSA) is 95.5 Å². The first-order valence-corrected chi connectivity index (χ1v) is 8.58. The highest BCUT2D eigenvalue weighted by Gasteiger charge is 2.47. The molecule has 0 aliphatic rings. The first-order chi connectivity index (χ1) is 8.88. The Balaban J connectivity index is 3.16. The summed E-state index contributed by atoms with van der Waals surface area (Å²) >= 11 is 0. The second kappa shape index (κ2) is 6.51. The number of rotatable bonds is 7. The third-order valence-electron chi connectivity index (χ3n) is 1.92. The standard InChI is InChI=1S/C9H14FN2O5PS/c1-3-16-18(13,17-4-2)8(10)19(14,15)9-11-6-5-7-12-9/h5-8H,3-4H2,1-2H3. The maximum Gasteiger partial charge on any atom is 0.380 e. The van der Waals surface area contributed by atoms with Gasteiger partial charge >= 0.3 is 12.8 Å². The van der Waals surface area contributed by atoms with Crippen molar-refractivity contribution >= 4 is 17.4 Å². The van der Waals surface area contributed by atoms with Crippen LogP contribution in [0.25, 0.3) is 0 Å². The normalized spacial score (nSPS) is 14.3. The van der Waals surface area contributed by atoms with Crippen LogP contribution in [0.15, 0.2) is 23.6 Å². The first-order valence-electron chi connectivity index (χ1n) is 5.42. The fourth-order valence-corrected chi connectivity index (χ4v) is 4.83. The van der Waals surface area contributed by atoms with Crippen molar-refractivity contribution in [3.05, 3.63) is 18.5 Å². The van der Waals surface area contributed by atoms with Gasteiger partial charge in [0.1, 0.15) is 0 Å². The highest BCUT2D eigenvalue weighted by atomic mass is 32.2. The van der Waals surface area contributed by atoms with Gasteiger partial charge in [0, 0.05) is 12.4 Å². The van der Waals surface area contributed by atoms with Gasteiger partial charge in [0.25, 0.3) is 15.0 Å². The third kappa shape index (κ3) is 3.56. The van der Waals surface area contributed by atoms with Gasteiger partial charge in [0.05, 0.1) is 13.2 Å². The van der Waals surface area contributed by atoms with Crippen LogP contribution in [0.4, 0.5) is 4.39 Å². The van der Waals surface area contributed by atoms with Crippen LogP contribution < -0.4 is 0 Å². The van der Waals surface area contributed by atoms with Crippen molar-refractivity contribution in [1.82, 2.24) is 9.97 Å². The minimum atomic E-state index is -4.64. The molecular weight excluding hydrogens is 298 g/mol. The van der Waals surface area contributed by atoms with Crippen LogP contribution in [0.5, 0.6) is 0 Å². The maximum absolute atomic E-state index is 14.1. The summed E-state index contributed by atoms with van der Waals surface area (Å²) < 4.78 is 59.3. The molecular formula is C9H14FN2O5PS. The second-order valence-corrected chi connectivity index (χ2v) is 7.51. The Kier molecular flexibility index (Phi) is 5.54. The molecule has 0 N–H and O–H groups in total. The summed E-state index contributed by atoms with van der Waals surface area (Å²) in [5.74, 6) is 0. The lowest BCUT2D eigenvalue weighted by Gasteiger charge is -2.19. The summed E-state index contributed by atoms with van der Waals surface area (Å²) in [6.07, 6.45) is 2.28. The summed E-state index contributed by atoms with van der Waals surface area (Å²) in [6, 6.07) is 1.37. The number of aromatic nitrogens is 2. The molecule has 1 heterocycles. The van der Waals surface area contributed by atoms with Crippen LogP contribution >= 0.6 is 7.60 Å². The number of sulfone groups is 1. The van der Waals surface area contributed by atoms with Crippen molar-refractivity contribution in [2.75, 3.05) is 13.2 Å². The summed E-state index contributed by atoms with van der Waals surface area (Å²) in [5, 5.41) is -3.62. The van der Waals surface area contributed by atoms with Crippen molar-refractivity contribution in [3.63, 3.8) is 0 Å². The third-order valence-corrected chi connectivity index (χ3v) is 6.49. The Bertz CT molecular complexity index is 543. The van der Waals surface area contributed by atoms with E-state index in [1.54, 1.807) is 0 Å². The Labute approximate surface area is 110 Å². The molecule has 0 spiro atoms. The van der Waals surface area contributed by atoms with E-state index in [9.17, 15) is 17.4 Å². The average Bonchev–Trinajstić information content (AvgIpc) is 2.39. The minimum Gasteiger partial charge on any atom is -0.306 e. The summed E-state index contributed by atoms with van der Waals surface area (Å²) in [6.45, 7) is 2.60. The van der Waals surface area contributed by atoms with E-state index in [1.165, 1.54) is 19.9 Å². The average molecular weight is 312 g/mol. The molecule has 1 atom stereocenters. The van der Waals surface area contributed by atoms with Crippen molar-refractivity contribution in [3.8, 4) is 0 Å². The van der Waals surface area contributed by atoms with Crippen molar-refractivity contribution in [1.29, 1.82) is 0 Å². The van der Waals surface area contributed by atoms with Gasteiger partial charge in [-0.1, -0.05) is 0 Å². The predicted octanol–water partition coefficient (Wildman–Crippen LogP) is 1.77. The monoisotopic (exact) mass is 312 g/mol. The van der Waals surface area contributed by atoms with Crippen molar-refractivity contribution in [2.24, 2.45) is 0 Å². The minimum absolute atomic E-state index is 0.150. The van der Waals surface area contributed by atoms with Crippen LogP contribution in [0.3, 0.4) is 0 Å². The van der Waals surface area contributed by atoms with E-state index in [-0.39, 0.29) is 13.2 Å². The molecule has 1 aromatic rings. The van der Waals surface area contributed by atoms with E-state index in [4.69, 9.17) is 0 Å². The smallest absolute Gasteiger partial charge is 0.306 e. The lowest BCUT2D eigenvalue weighted by Crippen LogP contribution is -2.21. The number of hydrogen-bond acceptors (Lipinski definition) is 7. The van der Waals surface area contributed by atoms with E-state index in [1.807, 2.05) is 0 Å². The molecule has 1 unspecified atom stereocenters. The van der Waals surface area contributed by atoms with Gasteiger partial charge in [-0.15, -0.1) is 0 Å². The van der Waals surface area contributed by atoms with Crippen LogP contribution in [0.1, 0.15) is 13.8 Å². The zero-order valence-electron chi connectivity index (χ0n) is 10.4. The second-order valence-electron chi connectivity index (χ2n) is 3.24. The number of halogens is 1. The molecule has 0 radical (unpaired) electrons. The number of alkyl halides is 1. The largest absolute Gasteiger partial charge is 0.380 e. The van der Waals surface area contributed by atoms with Crippen LogP contribution in [-0.2, 0) is 23.4 Å². The molecule has 1 rings (SSSR count). The molecule has 0 aliphatic carbocycles. The van der Waals surface area contributed by atoms with Crippen LogP contribution in [-0.4, -0.2) is 36.8 Å². The lowest BCUT2D eigenvalue weighted by molar-refractivity contribution is 0.203. The molecule has 108 valence electrons. The van der Waals surface area contributed by atoms with Crippen LogP contribution in [0, 0.1) is 0 Å². The molecule has 1 aromatic heterocycles. The summed E-state index contributed by atoms with van der Waals surface area (Å²) in [5.41, 5.74) is 0. The highest BCUT2D eigenvalue weighted by molar-refractivity contribution is 7.98. The first kappa shape index (κ1) is 16.2. The fourth-order valence-electron chi connectivity index (χ4n) is 1.20. The van der Waals surface area contributed by atoms with E-state index >= 15 is 0 Å². The SMILES string of the molecule is CCOP(=O)(OCC)C(F)S(=O)(=O)c1ncccn1. The Morgan fingerprint density at radius 1 is 1.26 bits per heavy atom. The zero-order valence-corrected chi connectivity index (χ0v) is 12.1. The molecule has 0 saturated heterocycles. The maximum atomic E-state index is 14.1. The molecule has 0 fully saturated rings. The fraction of sp³-hybridized carbons (Fsp3) is 0.556. The Morgan fingerprint density at radius 3 is 2.16 bits per heavy atom. The quantitative estimate of drug-likeness (QED) is 0.559. The number of nitrogens with zero attached hydrogens (tertiary/aromatic N) is 2. The Morgan fingerprint density at radius 2 is 1.74 bits per heavy atom. The number of hydrogen-bond donors (Lipinski definition) is 0. The van der Waals surface area contributed by atoms with Gasteiger partial charge in [-0.2, -0.15) is 0 Å². The van der Waals surface area contributed by atoms with Crippen molar-refractivity contribution in [2.45, 2.75) is 24.2 Å². The van der Waals surface area contributed by atoms with E-state index < -0.39 is 27.8 Å². The summed E-state index contributed by atoms with van der Waals surface area (Å²) in [7, 11) is -9.08. The molecule has 0 saturated carbocycles. The van der Waals surface area contributed by atoms with Gasteiger partial charge in [-0.05, 0) is 19.9 Å². The summed E-state index contributed by atoms with van der Waals surface area (Å²) in [4.78, 5) is 6.87. The molecule has 0 amide bonds. The molecule has 7 nitrogen and oxygen atoms in total. The molecule has 10 heteroatoms. The van der Waals surface area contributed by atoms with Gasteiger partial charge in [-0.25, -0.2) is 22.8 Å². The van der Waals surface area contributed by atoms with Gasteiger partial charge in [0.2, 0.25) is 0 Å². The van der Waals surface area contributed by atoms with Gasteiger partial charge in [-0.3, -0.25) is 4.57 Å². The lowest BCUT2D eigenvalue weighted by atomic mass is 10.7. The zero-order chi connectivity index (χ0) is 14.5. The predicted molar refractivity (Wildman–Crippen MR) is 65.0 cm³/mol. The Hall–Kier alpha value is -0.890. The molecule has 0 aromatic carbocycles. The van der Waals surface area contributed by atoms with E-state index in [2.05, 4.69) is 19.0 Å². The van der Waals surface area contributed by atoms with Gasteiger partial charge in [0.15, 0.2) is 0 Å². The highest BCUT2D eigenvalue weighted by Crippen LogP contribution is 2.56. The van der Waals surface area contributed by atoms with E-state index in [0.29, 0.717) is 0 Å². The van der Waals surface area contributed by atoms with Crippen molar-refractivity contribution < 1.29 is 26.4 Å². The molecule has 0 aliphatic heterocycles. The van der Waals surface area contributed by atoms with E-state index in [0.717, 1.165) is 12.4 Å². The van der Waals surface area contributed by atoms with Gasteiger partial charge < -0.3 is 9.05 Å². The van der Waals surface area contributed by atoms with Crippen LogP contribution in [0.2, 0.25) is 0 Å².